The van der Waals surface area contributed by atoms with E-state index in [4.69, 9.17) is 0 Å². The third kappa shape index (κ3) is 6.17. The Morgan fingerprint density at radius 3 is 2.56 bits per heavy atom. The Labute approximate surface area is 193 Å². The van der Waals surface area contributed by atoms with Gasteiger partial charge in [-0.25, -0.2) is 8.78 Å². The summed E-state index contributed by atoms with van der Waals surface area (Å²) in [6.07, 6.45) is 0.228. The topological polar surface area (TPSA) is 31.2 Å². The van der Waals surface area contributed by atoms with Crippen LogP contribution in [0.2, 0.25) is 0 Å². The van der Waals surface area contributed by atoms with Crippen molar-refractivity contribution in [2.75, 3.05) is 29.7 Å². The maximum Gasteiger partial charge on any atom is 0.278 e. The number of alkyl halides is 2. The van der Waals surface area contributed by atoms with Crippen molar-refractivity contribution in [3.63, 3.8) is 0 Å². The van der Waals surface area contributed by atoms with E-state index in [-0.39, 0.29) is 12.1 Å². The molecule has 170 valence electrons. The molecule has 1 unspecified atom stereocenters. The van der Waals surface area contributed by atoms with E-state index in [0.29, 0.717) is 5.71 Å². The minimum Gasteiger partial charge on any atom is -0.312 e. The molecule has 2 aromatic rings. The smallest absolute Gasteiger partial charge is 0.278 e. The second-order valence-electron chi connectivity index (χ2n) is 8.57. The SMILES string of the molecule is CC1CCCN(CCSN(Cc2ccc(C3=NN=C(C(F)F)C3)cc2)c2ccccc2)C1. The van der Waals surface area contributed by atoms with E-state index in [1.807, 2.05) is 30.1 Å². The first kappa shape index (κ1) is 22.9. The zero-order chi connectivity index (χ0) is 22.3. The zero-order valence-electron chi connectivity index (χ0n) is 18.5. The fraction of sp³-hybridized carbons (Fsp3) is 0.440. The molecule has 2 aliphatic rings. The molecule has 0 spiro atoms. The van der Waals surface area contributed by atoms with Crippen LogP contribution in [0.5, 0.6) is 0 Å². The van der Waals surface area contributed by atoms with Crippen LogP contribution in [-0.4, -0.2) is 48.1 Å². The van der Waals surface area contributed by atoms with Gasteiger partial charge < -0.3 is 9.21 Å². The first-order valence-corrected chi connectivity index (χ1v) is 12.2. The Kier molecular flexibility index (Phi) is 7.92. The lowest BCUT2D eigenvalue weighted by Crippen LogP contribution is -2.36. The highest BCUT2D eigenvalue weighted by atomic mass is 32.2. The number of anilines is 1. The molecule has 0 aromatic heterocycles. The lowest BCUT2D eigenvalue weighted by molar-refractivity contribution is 0.194. The van der Waals surface area contributed by atoms with Crippen LogP contribution in [0.1, 0.15) is 37.3 Å². The number of hydrogen-bond acceptors (Lipinski definition) is 5. The van der Waals surface area contributed by atoms with Gasteiger partial charge in [0.1, 0.15) is 5.71 Å². The van der Waals surface area contributed by atoms with Crippen LogP contribution in [0.25, 0.3) is 0 Å². The van der Waals surface area contributed by atoms with Crippen LogP contribution in [0, 0.1) is 5.92 Å². The molecule has 2 heterocycles. The maximum atomic E-state index is 12.8. The van der Waals surface area contributed by atoms with Crippen LogP contribution in [0.15, 0.2) is 64.8 Å². The molecule has 2 aromatic carbocycles. The van der Waals surface area contributed by atoms with E-state index in [1.54, 1.807) is 0 Å². The molecule has 32 heavy (non-hydrogen) atoms. The van der Waals surface area contributed by atoms with Crippen molar-refractivity contribution in [3.8, 4) is 0 Å². The van der Waals surface area contributed by atoms with Gasteiger partial charge in [-0.15, -0.1) is 0 Å². The molecule has 0 radical (unpaired) electrons. The Morgan fingerprint density at radius 1 is 1.09 bits per heavy atom. The summed E-state index contributed by atoms with van der Waals surface area (Å²) < 4.78 is 28.0. The Morgan fingerprint density at radius 2 is 1.88 bits per heavy atom. The van der Waals surface area contributed by atoms with Crippen LogP contribution < -0.4 is 4.31 Å². The molecule has 4 nitrogen and oxygen atoms in total. The third-order valence-corrected chi connectivity index (χ3v) is 6.97. The van der Waals surface area contributed by atoms with E-state index in [2.05, 4.69) is 62.7 Å². The van der Waals surface area contributed by atoms with Gasteiger partial charge in [-0.2, -0.15) is 10.2 Å². The molecule has 4 rings (SSSR count). The second-order valence-corrected chi connectivity index (χ2v) is 9.67. The average molecular weight is 457 g/mol. The van der Waals surface area contributed by atoms with Crippen LogP contribution in [0.3, 0.4) is 0 Å². The van der Waals surface area contributed by atoms with Crippen molar-refractivity contribution in [1.29, 1.82) is 0 Å². The Hall–Kier alpha value is -2.25. The number of likely N-dealkylation sites (tertiary alicyclic amines) is 1. The van der Waals surface area contributed by atoms with Gasteiger partial charge in [0.15, 0.2) is 0 Å². The van der Waals surface area contributed by atoms with Gasteiger partial charge in [0.25, 0.3) is 6.43 Å². The highest BCUT2D eigenvalue weighted by Gasteiger charge is 2.22. The fourth-order valence-electron chi connectivity index (χ4n) is 4.19. The predicted molar refractivity (Wildman–Crippen MR) is 131 cm³/mol. The van der Waals surface area contributed by atoms with Crippen LogP contribution >= 0.6 is 11.9 Å². The monoisotopic (exact) mass is 456 g/mol. The minimum absolute atomic E-state index is 0.123. The summed E-state index contributed by atoms with van der Waals surface area (Å²) in [5.74, 6) is 1.84. The summed E-state index contributed by atoms with van der Waals surface area (Å²) in [6.45, 7) is 6.63. The molecule has 0 saturated carbocycles. The van der Waals surface area contributed by atoms with Gasteiger partial charge in [-0.05, 0) is 60.5 Å². The Balaban J connectivity index is 1.37. The number of nitrogens with zero attached hydrogens (tertiary/aromatic N) is 4. The number of rotatable bonds is 9. The maximum absolute atomic E-state index is 12.8. The highest BCUT2D eigenvalue weighted by Crippen LogP contribution is 2.26. The minimum atomic E-state index is -2.54. The molecule has 2 aliphatic heterocycles. The lowest BCUT2D eigenvalue weighted by atomic mass is 10.0. The predicted octanol–water partition coefficient (Wildman–Crippen LogP) is 5.89. The normalized spacial score (nSPS) is 19.2. The van der Waals surface area contributed by atoms with Crippen molar-refractivity contribution in [2.24, 2.45) is 16.1 Å². The largest absolute Gasteiger partial charge is 0.312 e. The Bertz CT molecular complexity index is 931. The molecule has 0 aliphatic carbocycles. The number of halogens is 2. The summed E-state index contributed by atoms with van der Waals surface area (Å²) in [5.41, 5.74) is 3.66. The van der Waals surface area contributed by atoms with E-state index in [0.717, 1.165) is 30.3 Å². The zero-order valence-corrected chi connectivity index (χ0v) is 19.3. The second kappa shape index (κ2) is 11.1. The van der Waals surface area contributed by atoms with Gasteiger partial charge in [-0.1, -0.05) is 49.4 Å². The van der Waals surface area contributed by atoms with Crippen LogP contribution in [0.4, 0.5) is 14.5 Å². The number of piperidine rings is 1. The molecule has 1 saturated heterocycles. The highest BCUT2D eigenvalue weighted by molar-refractivity contribution is 8.00. The summed E-state index contributed by atoms with van der Waals surface area (Å²) in [4.78, 5) is 2.58. The van der Waals surface area contributed by atoms with Crippen LogP contribution in [-0.2, 0) is 6.54 Å². The first-order chi connectivity index (χ1) is 15.6. The summed E-state index contributed by atoms with van der Waals surface area (Å²) in [6, 6.07) is 18.5. The molecule has 0 bridgehead atoms. The van der Waals surface area contributed by atoms with E-state index in [9.17, 15) is 8.78 Å². The van der Waals surface area contributed by atoms with E-state index in [1.165, 1.54) is 37.2 Å². The molecule has 0 amide bonds. The fourth-order valence-corrected chi connectivity index (χ4v) is 5.26. The standard InChI is InChI=1S/C25H30F2N4S/c1-19-6-5-13-30(17-19)14-15-32-31(22-7-3-2-4-8-22)18-20-9-11-21(12-10-20)23-16-24(25(26)27)29-28-23/h2-4,7-12,19,25H,5-6,13-18H2,1H3. The molecule has 1 fully saturated rings. The molecule has 1 atom stereocenters. The van der Waals surface area contributed by atoms with E-state index < -0.39 is 6.43 Å². The number of hydrogen-bond donors (Lipinski definition) is 0. The molecule has 0 N–H and O–H groups in total. The first-order valence-electron chi connectivity index (χ1n) is 11.3. The van der Waals surface area contributed by atoms with Crippen molar-refractivity contribution in [2.45, 2.75) is 39.2 Å². The van der Waals surface area contributed by atoms with Crippen molar-refractivity contribution < 1.29 is 8.78 Å². The van der Waals surface area contributed by atoms with Gasteiger partial charge in [0.05, 0.1) is 12.3 Å². The quantitative estimate of drug-likeness (QED) is 0.441. The van der Waals surface area contributed by atoms with Crippen molar-refractivity contribution in [3.05, 3.63) is 65.7 Å². The van der Waals surface area contributed by atoms with Crippen molar-refractivity contribution in [1.82, 2.24) is 4.90 Å². The summed E-state index contributed by atoms with van der Waals surface area (Å²) in [5, 5.41) is 7.56. The average Bonchev–Trinajstić information content (AvgIpc) is 3.30. The summed E-state index contributed by atoms with van der Waals surface area (Å²) >= 11 is 1.86. The number of benzene rings is 2. The number of para-hydroxylation sites is 1. The van der Waals surface area contributed by atoms with E-state index >= 15 is 0 Å². The summed E-state index contributed by atoms with van der Waals surface area (Å²) in [7, 11) is 0. The molecule has 7 heteroatoms. The van der Waals surface area contributed by atoms with Gasteiger partial charge in [0.2, 0.25) is 0 Å². The van der Waals surface area contributed by atoms with Gasteiger partial charge >= 0.3 is 0 Å². The lowest BCUT2D eigenvalue weighted by Gasteiger charge is -2.31. The molecular weight excluding hydrogens is 426 g/mol. The third-order valence-electron chi connectivity index (χ3n) is 5.95. The molecular formula is C25H30F2N4S. The van der Waals surface area contributed by atoms with Gasteiger partial charge in [0, 0.05) is 31.0 Å². The van der Waals surface area contributed by atoms with Gasteiger partial charge in [-0.3, -0.25) is 0 Å². The van der Waals surface area contributed by atoms with Crippen molar-refractivity contribution >= 4 is 29.1 Å².